The third-order valence-electron chi connectivity index (χ3n) is 3.41. The third kappa shape index (κ3) is 3.96. The molecule has 1 heterocycles. The molecule has 1 amide bonds. The van der Waals surface area contributed by atoms with E-state index in [1.54, 1.807) is 7.11 Å². The van der Waals surface area contributed by atoms with Gasteiger partial charge in [-0.1, -0.05) is 12.1 Å². The number of thiol groups is 1. The summed E-state index contributed by atoms with van der Waals surface area (Å²) in [5.41, 5.74) is 0.620. The Hall–Kier alpha value is -1.04. The topological polar surface area (TPSA) is 47.6 Å². The van der Waals surface area contributed by atoms with Crippen LogP contribution in [0.1, 0.15) is 12.0 Å². The molecule has 0 spiro atoms. The number of methoxy groups -OCH3 is 1. The Morgan fingerprint density at radius 3 is 2.79 bits per heavy atom. The molecule has 1 aliphatic heterocycles. The smallest absolute Gasteiger partial charge is 0.224 e. The maximum Gasteiger partial charge on any atom is 0.224 e. The van der Waals surface area contributed by atoms with E-state index in [-0.39, 0.29) is 11.5 Å². The molecule has 1 aromatic rings. The van der Waals surface area contributed by atoms with Gasteiger partial charge in [-0.05, 0) is 17.7 Å². The van der Waals surface area contributed by atoms with Gasteiger partial charge in [-0.15, -0.1) is 12.6 Å². The molecule has 0 aliphatic carbocycles. The zero-order chi connectivity index (χ0) is 13.7. The van der Waals surface area contributed by atoms with Gasteiger partial charge in [-0.3, -0.25) is 4.79 Å². The van der Waals surface area contributed by atoms with Crippen molar-refractivity contribution in [2.75, 3.05) is 26.9 Å². The number of hydrogen-bond donors (Lipinski definition) is 2. The van der Waals surface area contributed by atoms with Crippen molar-refractivity contribution in [1.82, 2.24) is 5.32 Å². The van der Waals surface area contributed by atoms with E-state index in [4.69, 9.17) is 9.47 Å². The summed E-state index contributed by atoms with van der Waals surface area (Å²) >= 11 is 4.22. The summed E-state index contributed by atoms with van der Waals surface area (Å²) in [6.45, 7) is 1.72. The normalized spacial score (nSPS) is 22.4. The van der Waals surface area contributed by atoms with Crippen molar-refractivity contribution >= 4 is 18.5 Å². The Balaban J connectivity index is 1.82. The average Bonchev–Trinajstić information content (AvgIpc) is 2.89. The van der Waals surface area contributed by atoms with Gasteiger partial charge in [0.1, 0.15) is 5.60 Å². The first kappa shape index (κ1) is 14.4. The average molecular weight is 281 g/mol. The summed E-state index contributed by atoms with van der Waals surface area (Å²) in [4.78, 5) is 12.8. The first-order valence-corrected chi connectivity index (χ1v) is 6.76. The van der Waals surface area contributed by atoms with Crippen LogP contribution in [-0.2, 0) is 20.7 Å². The molecule has 1 aromatic carbocycles. The van der Waals surface area contributed by atoms with Crippen LogP contribution >= 0.6 is 12.6 Å². The lowest BCUT2D eigenvalue weighted by Gasteiger charge is -2.25. The van der Waals surface area contributed by atoms with Crippen molar-refractivity contribution < 1.29 is 14.3 Å². The molecular weight excluding hydrogens is 262 g/mol. The second-order valence-electron chi connectivity index (χ2n) is 4.81. The Bertz CT molecular complexity index is 427. The van der Waals surface area contributed by atoms with Crippen molar-refractivity contribution in [3.8, 4) is 0 Å². The molecule has 5 heteroatoms. The van der Waals surface area contributed by atoms with Crippen LogP contribution in [0, 0.1) is 0 Å². The van der Waals surface area contributed by atoms with Gasteiger partial charge < -0.3 is 14.8 Å². The number of amides is 1. The molecule has 1 N–H and O–H groups in total. The van der Waals surface area contributed by atoms with E-state index < -0.39 is 0 Å². The van der Waals surface area contributed by atoms with Gasteiger partial charge in [0.05, 0.1) is 13.0 Å². The maximum absolute atomic E-state index is 11.9. The van der Waals surface area contributed by atoms with Gasteiger partial charge in [0.2, 0.25) is 5.91 Å². The van der Waals surface area contributed by atoms with Gasteiger partial charge in [0.25, 0.3) is 0 Å². The lowest BCUT2D eigenvalue weighted by Crippen LogP contribution is -2.45. The summed E-state index contributed by atoms with van der Waals surface area (Å²) in [6, 6.07) is 7.58. The Morgan fingerprint density at radius 1 is 1.47 bits per heavy atom. The Morgan fingerprint density at radius 2 is 2.21 bits per heavy atom. The number of nitrogens with one attached hydrogen (secondary N) is 1. The first-order valence-electron chi connectivity index (χ1n) is 6.31. The number of carbonyl (C=O) groups is 1. The predicted octanol–water partition coefficient (Wildman–Crippen LogP) is 1.44. The Kier molecular flexibility index (Phi) is 4.85. The molecule has 1 unspecified atom stereocenters. The van der Waals surface area contributed by atoms with Crippen molar-refractivity contribution in [3.05, 3.63) is 29.8 Å². The molecule has 0 bridgehead atoms. The van der Waals surface area contributed by atoms with Gasteiger partial charge in [0, 0.05) is 31.6 Å². The minimum atomic E-state index is -0.357. The molecular formula is C14H19NO3S. The molecule has 1 saturated heterocycles. The van der Waals surface area contributed by atoms with E-state index >= 15 is 0 Å². The molecule has 4 nitrogen and oxygen atoms in total. The van der Waals surface area contributed by atoms with Crippen LogP contribution in [-0.4, -0.2) is 38.4 Å². The van der Waals surface area contributed by atoms with E-state index in [1.165, 1.54) is 0 Å². The standard InChI is InChI=1S/C14H19NO3S/c1-17-14(6-7-18-10-14)9-15-13(16)8-11-2-4-12(19)5-3-11/h2-5,19H,6-10H2,1H3,(H,15,16). The van der Waals surface area contributed by atoms with Crippen molar-refractivity contribution in [1.29, 1.82) is 0 Å². The van der Waals surface area contributed by atoms with E-state index in [2.05, 4.69) is 17.9 Å². The number of rotatable bonds is 5. The van der Waals surface area contributed by atoms with Crippen molar-refractivity contribution in [2.24, 2.45) is 0 Å². The number of hydrogen-bond acceptors (Lipinski definition) is 4. The molecule has 0 saturated carbocycles. The second kappa shape index (κ2) is 6.41. The minimum absolute atomic E-state index is 0.00441. The summed E-state index contributed by atoms with van der Waals surface area (Å²) in [7, 11) is 1.66. The minimum Gasteiger partial charge on any atom is -0.378 e. The molecule has 2 rings (SSSR count). The highest BCUT2D eigenvalue weighted by Gasteiger charge is 2.35. The molecule has 1 atom stereocenters. The number of ether oxygens (including phenoxy) is 2. The zero-order valence-electron chi connectivity index (χ0n) is 11.0. The van der Waals surface area contributed by atoms with E-state index in [1.807, 2.05) is 24.3 Å². The quantitative estimate of drug-likeness (QED) is 0.803. The fraction of sp³-hybridized carbons (Fsp3) is 0.500. The fourth-order valence-corrected chi connectivity index (χ4v) is 2.23. The highest BCUT2D eigenvalue weighted by molar-refractivity contribution is 7.80. The fourth-order valence-electron chi connectivity index (χ4n) is 2.08. The van der Waals surface area contributed by atoms with Gasteiger partial charge in [-0.2, -0.15) is 0 Å². The van der Waals surface area contributed by atoms with E-state index in [0.29, 0.717) is 26.2 Å². The van der Waals surface area contributed by atoms with Crippen LogP contribution in [0.3, 0.4) is 0 Å². The first-order chi connectivity index (χ1) is 9.13. The summed E-state index contributed by atoms with van der Waals surface area (Å²) < 4.78 is 10.8. The lowest BCUT2D eigenvalue weighted by molar-refractivity contribution is -0.122. The Labute approximate surface area is 118 Å². The largest absolute Gasteiger partial charge is 0.378 e. The highest BCUT2D eigenvalue weighted by Crippen LogP contribution is 2.21. The van der Waals surface area contributed by atoms with Gasteiger partial charge in [-0.25, -0.2) is 0 Å². The zero-order valence-corrected chi connectivity index (χ0v) is 11.9. The van der Waals surface area contributed by atoms with Crippen LogP contribution in [0.5, 0.6) is 0 Å². The molecule has 19 heavy (non-hydrogen) atoms. The van der Waals surface area contributed by atoms with E-state index in [0.717, 1.165) is 16.9 Å². The third-order valence-corrected chi connectivity index (χ3v) is 3.71. The number of carbonyl (C=O) groups excluding carboxylic acids is 1. The van der Waals surface area contributed by atoms with Crippen LogP contribution in [0.15, 0.2) is 29.2 Å². The van der Waals surface area contributed by atoms with E-state index in [9.17, 15) is 4.79 Å². The summed E-state index contributed by atoms with van der Waals surface area (Å²) in [6.07, 6.45) is 1.19. The highest BCUT2D eigenvalue weighted by atomic mass is 32.1. The second-order valence-corrected chi connectivity index (χ2v) is 5.33. The molecule has 104 valence electrons. The van der Waals surface area contributed by atoms with Crippen LogP contribution in [0.2, 0.25) is 0 Å². The maximum atomic E-state index is 11.9. The van der Waals surface area contributed by atoms with Gasteiger partial charge >= 0.3 is 0 Å². The monoisotopic (exact) mass is 281 g/mol. The summed E-state index contributed by atoms with van der Waals surface area (Å²) in [5.74, 6) is -0.00441. The van der Waals surface area contributed by atoms with Crippen LogP contribution in [0.25, 0.3) is 0 Å². The van der Waals surface area contributed by atoms with Crippen molar-refractivity contribution in [2.45, 2.75) is 23.3 Å². The number of benzene rings is 1. The summed E-state index contributed by atoms with van der Waals surface area (Å²) in [5, 5.41) is 2.92. The van der Waals surface area contributed by atoms with Crippen LogP contribution < -0.4 is 5.32 Å². The molecule has 0 radical (unpaired) electrons. The molecule has 0 aromatic heterocycles. The molecule has 1 fully saturated rings. The SMILES string of the molecule is COC1(CNC(=O)Cc2ccc(S)cc2)CCOC1. The van der Waals surface area contributed by atoms with Gasteiger partial charge in [0.15, 0.2) is 0 Å². The van der Waals surface area contributed by atoms with Crippen molar-refractivity contribution in [3.63, 3.8) is 0 Å². The predicted molar refractivity (Wildman–Crippen MR) is 75.6 cm³/mol. The van der Waals surface area contributed by atoms with Crippen LogP contribution in [0.4, 0.5) is 0 Å². The lowest BCUT2D eigenvalue weighted by atomic mass is 10.0. The molecule has 1 aliphatic rings.